The molecule has 1 aliphatic rings. The van der Waals surface area contributed by atoms with Crippen LogP contribution in [0.15, 0.2) is 83.4 Å². The van der Waals surface area contributed by atoms with Crippen LogP contribution in [0.1, 0.15) is 40.2 Å². The van der Waals surface area contributed by atoms with Gasteiger partial charge in [-0.1, -0.05) is 77.5 Å². The van der Waals surface area contributed by atoms with Crippen molar-refractivity contribution < 1.29 is 14.1 Å². The number of nitrogens with zero attached hydrogens (tertiary/aromatic N) is 3. The fourth-order valence-corrected chi connectivity index (χ4v) is 4.58. The minimum atomic E-state index is -0.218. The zero-order valence-corrected chi connectivity index (χ0v) is 21.4. The Labute approximate surface area is 222 Å². The molecule has 8 heteroatoms. The third-order valence-corrected chi connectivity index (χ3v) is 6.82. The van der Waals surface area contributed by atoms with Gasteiger partial charge in [0.1, 0.15) is 0 Å². The van der Waals surface area contributed by atoms with E-state index in [1.54, 1.807) is 18.2 Å². The van der Waals surface area contributed by atoms with E-state index in [0.29, 0.717) is 48.9 Å². The minimum Gasteiger partial charge on any atom is -0.348 e. The number of aryl methyl sites for hydroxylation is 1. The predicted molar refractivity (Wildman–Crippen MR) is 145 cm³/mol. The van der Waals surface area contributed by atoms with Crippen LogP contribution in [0.2, 0.25) is 0 Å². The molecular weight excluding hydrogens is 478 g/mol. The number of anilines is 1. The summed E-state index contributed by atoms with van der Waals surface area (Å²) in [6, 6.07) is 24.9. The second-order valence-corrected chi connectivity index (χ2v) is 9.63. The molecule has 8 nitrogen and oxygen atoms in total. The molecule has 1 aliphatic heterocycles. The first-order valence-corrected chi connectivity index (χ1v) is 12.9. The molecule has 0 radical (unpaired) electrons. The number of hydrogen-bond donors (Lipinski definition) is 2. The topological polar surface area (TPSA) is 100 Å². The number of benzene rings is 3. The van der Waals surface area contributed by atoms with Gasteiger partial charge in [-0.15, -0.1) is 0 Å². The van der Waals surface area contributed by atoms with Crippen molar-refractivity contribution in [3.05, 3.63) is 101 Å². The Hall–Kier alpha value is -4.30. The second kappa shape index (κ2) is 11.8. The van der Waals surface area contributed by atoms with Crippen LogP contribution in [0.5, 0.6) is 0 Å². The minimum absolute atomic E-state index is 0.0626. The monoisotopic (exact) mass is 509 g/mol. The van der Waals surface area contributed by atoms with E-state index >= 15 is 0 Å². The fraction of sp³-hybridized carbons (Fsp3) is 0.267. The first kappa shape index (κ1) is 25.4. The third-order valence-electron chi connectivity index (χ3n) is 6.82. The smallest absolute Gasteiger partial charge is 0.253 e. The van der Waals surface area contributed by atoms with Crippen LogP contribution in [0.4, 0.5) is 5.69 Å². The van der Waals surface area contributed by atoms with Crippen molar-refractivity contribution in [2.24, 2.45) is 5.92 Å². The summed E-state index contributed by atoms with van der Waals surface area (Å²) in [6.45, 7) is 4.52. The molecule has 2 heterocycles. The van der Waals surface area contributed by atoms with E-state index in [0.717, 1.165) is 24.2 Å². The number of piperidine rings is 1. The molecule has 1 saturated heterocycles. The highest BCUT2D eigenvalue weighted by atomic mass is 16.5. The quantitative estimate of drug-likeness (QED) is 0.353. The molecule has 0 spiro atoms. The van der Waals surface area contributed by atoms with Crippen LogP contribution in [0.25, 0.3) is 11.4 Å². The predicted octanol–water partition coefficient (Wildman–Crippen LogP) is 4.83. The molecule has 3 aromatic carbocycles. The van der Waals surface area contributed by atoms with Gasteiger partial charge in [0.2, 0.25) is 17.6 Å². The molecule has 0 bridgehead atoms. The Morgan fingerprint density at radius 3 is 2.42 bits per heavy atom. The molecule has 194 valence electrons. The highest BCUT2D eigenvalue weighted by Gasteiger charge is 2.27. The van der Waals surface area contributed by atoms with Gasteiger partial charge in [0.15, 0.2) is 0 Å². The van der Waals surface area contributed by atoms with Crippen molar-refractivity contribution in [2.45, 2.75) is 32.9 Å². The number of carbonyl (C=O) groups is 2. The van der Waals surface area contributed by atoms with Crippen LogP contribution in [0.3, 0.4) is 0 Å². The Kier molecular flexibility index (Phi) is 7.89. The summed E-state index contributed by atoms with van der Waals surface area (Å²) >= 11 is 0. The molecule has 0 aliphatic carbocycles. The lowest BCUT2D eigenvalue weighted by atomic mass is 9.95. The molecule has 1 fully saturated rings. The molecule has 2 N–H and O–H groups in total. The summed E-state index contributed by atoms with van der Waals surface area (Å²) in [6.07, 6.45) is 1.43. The summed E-state index contributed by atoms with van der Waals surface area (Å²) in [5.41, 5.74) is 4.10. The van der Waals surface area contributed by atoms with Gasteiger partial charge >= 0.3 is 0 Å². The molecule has 38 heavy (non-hydrogen) atoms. The lowest BCUT2D eigenvalue weighted by Crippen LogP contribution is -2.38. The van der Waals surface area contributed by atoms with Crippen LogP contribution in [-0.4, -0.2) is 39.9 Å². The number of rotatable bonds is 8. The average Bonchev–Trinajstić information content (AvgIpc) is 3.42. The lowest BCUT2D eigenvalue weighted by Gasteiger charge is -2.30. The number of aromatic nitrogens is 2. The number of para-hydroxylation sites is 1. The van der Waals surface area contributed by atoms with E-state index in [-0.39, 0.29) is 17.7 Å². The van der Waals surface area contributed by atoms with Gasteiger partial charge in [-0.3, -0.25) is 14.5 Å². The third kappa shape index (κ3) is 6.33. The summed E-state index contributed by atoms with van der Waals surface area (Å²) in [5.74, 6) is 0.744. The van der Waals surface area contributed by atoms with E-state index < -0.39 is 0 Å². The van der Waals surface area contributed by atoms with Crippen LogP contribution < -0.4 is 10.6 Å². The van der Waals surface area contributed by atoms with Crippen molar-refractivity contribution in [3.8, 4) is 11.4 Å². The number of nitrogens with one attached hydrogen (secondary N) is 2. The number of hydrogen-bond acceptors (Lipinski definition) is 6. The zero-order valence-electron chi connectivity index (χ0n) is 21.4. The van der Waals surface area contributed by atoms with Crippen LogP contribution >= 0.6 is 0 Å². The van der Waals surface area contributed by atoms with Gasteiger partial charge in [0.05, 0.1) is 17.8 Å². The Bertz CT molecular complexity index is 1380. The summed E-state index contributed by atoms with van der Waals surface area (Å²) in [5, 5.41) is 10.0. The van der Waals surface area contributed by atoms with E-state index in [1.165, 1.54) is 5.56 Å². The van der Waals surface area contributed by atoms with Crippen LogP contribution in [0, 0.1) is 12.8 Å². The van der Waals surface area contributed by atoms with Gasteiger partial charge in [-0.25, -0.2) is 0 Å². The standard InChI is InChI=1S/C30H31N5O3/c1-21-11-13-23(14-12-21)28-33-27(38-34-28)20-35-17-15-24(16-18-35)29(36)32-26-10-6-5-9-25(26)30(37)31-19-22-7-3-2-4-8-22/h2-14,24H,15-20H2,1H3,(H,31,37)(H,32,36). The van der Waals surface area contributed by atoms with Gasteiger partial charge < -0.3 is 15.2 Å². The zero-order chi connectivity index (χ0) is 26.3. The second-order valence-electron chi connectivity index (χ2n) is 9.63. The van der Waals surface area contributed by atoms with Gasteiger partial charge in [-0.05, 0) is 50.6 Å². The lowest BCUT2D eigenvalue weighted by molar-refractivity contribution is -0.121. The summed E-state index contributed by atoms with van der Waals surface area (Å²) < 4.78 is 5.47. The first-order valence-electron chi connectivity index (χ1n) is 12.9. The molecule has 0 unspecified atom stereocenters. The number of likely N-dealkylation sites (tertiary alicyclic amines) is 1. The Morgan fingerprint density at radius 2 is 1.66 bits per heavy atom. The van der Waals surface area contributed by atoms with Crippen molar-refractivity contribution in [2.75, 3.05) is 18.4 Å². The van der Waals surface area contributed by atoms with Gasteiger partial charge in [0, 0.05) is 18.0 Å². The molecule has 2 amide bonds. The molecule has 0 atom stereocenters. The molecule has 4 aromatic rings. The highest BCUT2D eigenvalue weighted by Crippen LogP contribution is 2.23. The maximum Gasteiger partial charge on any atom is 0.253 e. The number of amides is 2. The van der Waals surface area contributed by atoms with Crippen molar-refractivity contribution in [3.63, 3.8) is 0 Å². The Balaban J connectivity index is 1.13. The molecule has 5 rings (SSSR count). The van der Waals surface area contributed by atoms with E-state index in [9.17, 15) is 9.59 Å². The Morgan fingerprint density at radius 1 is 0.947 bits per heavy atom. The largest absolute Gasteiger partial charge is 0.348 e. The fourth-order valence-electron chi connectivity index (χ4n) is 4.58. The van der Waals surface area contributed by atoms with Crippen molar-refractivity contribution in [1.82, 2.24) is 20.4 Å². The SMILES string of the molecule is Cc1ccc(-c2noc(CN3CCC(C(=O)Nc4ccccc4C(=O)NCc4ccccc4)CC3)n2)cc1. The van der Waals surface area contributed by atoms with E-state index in [4.69, 9.17) is 4.52 Å². The van der Waals surface area contributed by atoms with Crippen molar-refractivity contribution in [1.29, 1.82) is 0 Å². The van der Waals surface area contributed by atoms with Gasteiger partial charge in [0.25, 0.3) is 5.91 Å². The average molecular weight is 510 g/mol. The highest BCUT2D eigenvalue weighted by molar-refractivity contribution is 6.04. The van der Waals surface area contributed by atoms with E-state index in [2.05, 4.69) is 25.7 Å². The van der Waals surface area contributed by atoms with E-state index in [1.807, 2.05) is 67.6 Å². The normalized spacial score (nSPS) is 14.2. The molecule has 1 aromatic heterocycles. The summed E-state index contributed by atoms with van der Waals surface area (Å²) in [4.78, 5) is 32.7. The molecule has 0 saturated carbocycles. The van der Waals surface area contributed by atoms with Crippen molar-refractivity contribution >= 4 is 17.5 Å². The number of carbonyl (C=O) groups excluding carboxylic acids is 2. The summed E-state index contributed by atoms with van der Waals surface area (Å²) in [7, 11) is 0. The molecular formula is C30H31N5O3. The maximum atomic E-state index is 13.1. The maximum absolute atomic E-state index is 13.1. The van der Waals surface area contributed by atoms with Crippen LogP contribution in [-0.2, 0) is 17.9 Å². The van der Waals surface area contributed by atoms with Gasteiger partial charge in [-0.2, -0.15) is 4.98 Å². The first-order chi connectivity index (χ1) is 18.5.